The second-order valence-electron chi connectivity index (χ2n) is 6.85. The molecular formula is C18H24F2N2O2. The van der Waals surface area contributed by atoms with E-state index in [4.69, 9.17) is 5.11 Å². The number of hydrogen-bond acceptors (Lipinski definition) is 3. The van der Waals surface area contributed by atoms with Crippen LogP contribution in [0, 0.1) is 18.6 Å². The van der Waals surface area contributed by atoms with Gasteiger partial charge in [-0.25, -0.2) is 8.78 Å². The van der Waals surface area contributed by atoms with Crippen LogP contribution in [-0.2, 0) is 11.3 Å². The van der Waals surface area contributed by atoms with Crippen LogP contribution >= 0.6 is 0 Å². The summed E-state index contributed by atoms with van der Waals surface area (Å²) in [4.78, 5) is 16.7. The summed E-state index contributed by atoms with van der Waals surface area (Å²) in [5, 5.41) is 9.16. The third-order valence-electron chi connectivity index (χ3n) is 5.41. The molecule has 24 heavy (non-hydrogen) atoms. The van der Waals surface area contributed by atoms with Crippen LogP contribution in [0.4, 0.5) is 8.78 Å². The third kappa shape index (κ3) is 2.82. The van der Waals surface area contributed by atoms with Gasteiger partial charge in [-0.1, -0.05) is 12.1 Å². The molecule has 4 nitrogen and oxygen atoms in total. The monoisotopic (exact) mass is 338 g/mol. The molecule has 1 unspecified atom stereocenters. The van der Waals surface area contributed by atoms with Crippen molar-refractivity contribution in [3.05, 3.63) is 34.9 Å². The molecule has 1 aromatic rings. The molecule has 1 atom stereocenters. The lowest BCUT2D eigenvalue weighted by molar-refractivity contribution is -0.148. The largest absolute Gasteiger partial charge is 0.395 e. The molecule has 0 aliphatic carbocycles. The molecule has 1 spiro atoms. The number of carbonyl (C=O) groups excluding carboxylic acids is 1. The Bertz CT molecular complexity index is 636. The number of nitrogens with zero attached hydrogens (tertiary/aromatic N) is 2. The maximum atomic E-state index is 14.2. The molecule has 132 valence electrons. The zero-order valence-electron chi connectivity index (χ0n) is 14.0. The maximum Gasteiger partial charge on any atom is 0.243 e. The molecule has 2 aliphatic heterocycles. The molecule has 0 bridgehead atoms. The molecule has 2 fully saturated rings. The Labute approximate surface area is 141 Å². The summed E-state index contributed by atoms with van der Waals surface area (Å²) in [6, 6.07) is 3.19. The topological polar surface area (TPSA) is 43.8 Å². The molecule has 2 heterocycles. The van der Waals surface area contributed by atoms with E-state index in [2.05, 4.69) is 0 Å². The van der Waals surface area contributed by atoms with Crippen molar-refractivity contribution in [3.63, 3.8) is 0 Å². The van der Waals surface area contributed by atoms with Gasteiger partial charge in [0, 0.05) is 25.2 Å². The van der Waals surface area contributed by atoms with Gasteiger partial charge in [0.25, 0.3) is 0 Å². The molecule has 1 aromatic carbocycles. The first-order valence-electron chi connectivity index (χ1n) is 8.58. The van der Waals surface area contributed by atoms with Crippen molar-refractivity contribution in [2.24, 2.45) is 0 Å². The van der Waals surface area contributed by atoms with Crippen molar-refractivity contribution in [1.82, 2.24) is 9.80 Å². The Morgan fingerprint density at radius 1 is 1.17 bits per heavy atom. The van der Waals surface area contributed by atoms with Crippen LogP contribution in [0.25, 0.3) is 0 Å². The smallest absolute Gasteiger partial charge is 0.243 e. The number of carbonyl (C=O) groups is 1. The van der Waals surface area contributed by atoms with Crippen LogP contribution in [-0.4, -0.2) is 52.6 Å². The fourth-order valence-electron chi connectivity index (χ4n) is 4.10. The second-order valence-corrected chi connectivity index (χ2v) is 6.85. The molecule has 6 heteroatoms. The van der Waals surface area contributed by atoms with Gasteiger partial charge >= 0.3 is 0 Å². The first-order valence-corrected chi connectivity index (χ1v) is 8.58. The van der Waals surface area contributed by atoms with E-state index in [0.717, 1.165) is 25.7 Å². The summed E-state index contributed by atoms with van der Waals surface area (Å²) in [5.41, 5.74) is -0.0389. The minimum atomic E-state index is -0.812. The number of aliphatic hydroxyl groups excluding tert-OH is 1. The van der Waals surface area contributed by atoms with Crippen molar-refractivity contribution < 1.29 is 18.7 Å². The van der Waals surface area contributed by atoms with Gasteiger partial charge in [-0.05, 0) is 44.7 Å². The lowest BCUT2D eigenvalue weighted by atomic mass is 9.85. The van der Waals surface area contributed by atoms with Gasteiger partial charge in [-0.15, -0.1) is 0 Å². The minimum absolute atomic E-state index is 0.0216. The third-order valence-corrected chi connectivity index (χ3v) is 5.41. The molecule has 0 radical (unpaired) electrons. The van der Waals surface area contributed by atoms with Crippen molar-refractivity contribution in [2.75, 3.05) is 26.2 Å². The predicted octanol–water partition coefficient (Wildman–Crippen LogP) is 2.22. The average molecular weight is 338 g/mol. The summed E-state index contributed by atoms with van der Waals surface area (Å²) in [7, 11) is 0. The predicted molar refractivity (Wildman–Crippen MR) is 86.4 cm³/mol. The quantitative estimate of drug-likeness (QED) is 0.916. The number of aliphatic hydroxyl groups is 1. The lowest BCUT2D eigenvalue weighted by Gasteiger charge is -2.44. The molecule has 0 aromatic heterocycles. The highest BCUT2D eigenvalue weighted by molar-refractivity contribution is 5.87. The molecule has 1 N–H and O–H groups in total. The van der Waals surface area contributed by atoms with Crippen molar-refractivity contribution in [3.8, 4) is 0 Å². The van der Waals surface area contributed by atoms with Crippen LogP contribution in [0.15, 0.2) is 12.1 Å². The molecule has 1 amide bonds. The Hall–Kier alpha value is -1.53. The molecule has 2 aliphatic rings. The van der Waals surface area contributed by atoms with E-state index in [1.807, 2.05) is 4.90 Å². The minimum Gasteiger partial charge on any atom is -0.395 e. The number of hydrogen-bond donors (Lipinski definition) is 1. The van der Waals surface area contributed by atoms with E-state index in [-0.39, 0.29) is 24.6 Å². The average Bonchev–Trinajstić information content (AvgIpc) is 2.96. The summed E-state index contributed by atoms with van der Waals surface area (Å²) in [5.74, 6) is -1.60. The number of halogens is 2. The van der Waals surface area contributed by atoms with Gasteiger partial charge in [0.05, 0.1) is 6.61 Å². The highest BCUT2D eigenvalue weighted by Gasteiger charge is 2.50. The molecule has 2 saturated heterocycles. The lowest BCUT2D eigenvalue weighted by Crippen LogP contribution is -2.60. The van der Waals surface area contributed by atoms with Crippen LogP contribution in [0.2, 0.25) is 0 Å². The van der Waals surface area contributed by atoms with E-state index in [1.54, 1.807) is 17.0 Å². The summed E-state index contributed by atoms with van der Waals surface area (Å²) >= 11 is 0. The van der Waals surface area contributed by atoms with Gasteiger partial charge in [-0.3, -0.25) is 9.69 Å². The molecule has 0 saturated carbocycles. The SMILES string of the molecule is Cc1ccc(CN2CCCC23CCCN(CCO)C3=O)c(F)c1F. The number of likely N-dealkylation sites (tertiary alicyclic amines) is 2. The summed E-state index contributed by atoms with van der Waals surface area (Å²) in [6.07, 6.45) is 3.22. The second kappa shape index (κ2) is 6.76. The number of rotatable bonds is 4. The zero-order chi connectivity index (χ0) is 17.3. The van der Waals surface area contributed by atoms with Crippen molar-refractivity contribution >= 4 is 5.91 Å². The number of benzene rings is 1. The fourth-order valence-corrected chi connectivity index (χ4v) is 4.10. The van der Waals surface area contributed by atoms with Crippen LogP contribution < -0.4 is 0 Å². The Kier molecular flexibility index (Phi) is 4.88. The highest BCUT2D eigenvalue weighted by Crippen LogP contribution is 2.39. The first-order chi connectivity index (χ1) is 11.5. The Balaban J connectivity index is 1.85. The number of β-amino-alcohol motifs (C(OH)–C–C–N with tert-alkyl or cyclic N) is 1. The van der Waals surface area contributed by atoms with Crippen molar-refractivity contribution in [1.29, 1.82) is 0 Å². The van der Waals surface area contributed by atoms with Gasteiger partial charge in [-0.2, -0.15) is 0 Å². The van der Waals surface area contributed by atoms with E-state index >= 15 is 0 Å². The standard InChI is InChI=1S/C18H24F2N2O2/c1-13-4-5-14(16(20)15(13)19)12-22-9-3-7-18(22)6-2-8-21(10-11-23)17(18)24/h4-5,23H,2-3,6-12H2,1H3. The number of piperidine rings is 1. The van der Waals surface area contributed by atoms with Gasteiger partial charge in [0.1, 0.15) is 5.54 Å². The van der Waals surface area contributed by atoms with Gasteiger partial charge < -0.3 is 10.0 Å². The summed E-state index contributed by atoms with van der Waals surface area (Å²) < 4.78 is 28.1. The molecular weight excluding hydrogens is 314 g/mol. The Morgan fingerprint density at radius 2 is 1.88 bits per heavy atom. The summed E-state index contributed by atoms with van der Waals surface area (Å²) in [6.45, 7) is 3.41. The fraction of sp³-hybridized carbons (Fsp3) is 0.611. The van der Waals surface area contributed by atoms with Gasteiger partial charge in [0.2, 0.25) is 5.91 Å². The number of aryl methyl sites for hydroxylation is 1. The zero-order valence-corrected chi connectivity index (χ0v) is 14.0. The van der Waals surface area contributed by atoms with Crippen LogP contribution in [0.1, 0.15) is 36.8 Å². The van der Waals surface area contributed by atoms with Gasteiger partial charge in [0.15, 0.2) is 11.6 Å². The maximum absolute atomic E-state index is 14.2. The van der Waals surface area contributed by atoms with E-state index < -0.39 is 17.2 Å². The normalized spacial score (nSPS) is 25.0. The van der Waals surface area contributed by atoms with Crippen molar-refractivity contribution in [2.45, 2.75) is 44.7 Å². The Morgan fingerprint density at radius 3 is 2.58 bits per heavy atom. The highest BCUT2D eigenvalue weighted by atomic mass is 19.2. The van der Waals surface area contributed by atoms with E-state index in [1.165, 1.54) is 6.92 Å². The van der Waals surface area contributed by atoms with E-state index in [0.29, 0.717) is 25.2 Å². The number of amides is 1. The van der Waals surface area contributed by atoms with E-state index in [9.17, 15) is 13.6 Å². The van der Waals surface area contributed by atoms with Crippen LogP contribution in [0.3, 0.4) is 0 Å². The van der Waals surface area contributed by atoms with Crippen LogP contribution in [0.5, 0.6) is 0 Å². The molecule has 3 rings (SSSR count). The first kappa shape index (κ1) is 17.3.